The number of hydrogen-bond acceptors (Lipinski definition) is 4. The summed E-state index contributed by atoms with van der Waals surface area (Å²) in [6, 6.07) is 0. The molecule has 0 saturated carbocycles. The normalized spacial score (nSPS) is 10.8. The number of carbonyl (C=O) groups is 1. The van der Waals surface area contributed by atoms with Crippen LogP contribution in [0.15, 0.2) is 0 Å². The van der Waals surface area contributed by atoms with Gasteiger partial charge in [0.05, 0.1) is 22.1 Å². The Morgan fingerprint density at radius 1 is 1.62 bits per heavy atom. The molecule has 0 unspecified atom stereocenters. The Morgan fingerprint density at radius 3 is 2.62 bits per heavy atom. The standard InChI is InChI=1S/C9H14N2OS/c1-5(2)9-11-6(3)8(13-9)7(12)4-10/h5H,4,10H2,1-3H3. The maximum Gasteiger partial charge on any atom is 0.188 e. The fourth-order valence-electron chi connectivity index (χ4n) is 1.02. The van der Waals surface area contributed by atoms with Gasteiger partial charge in [-0.2, -0.15) is 0 Å². The third-order valence-corrected chi connectivity index (χ3v) is 3.24. The molecule has 2 N–H and O–H groups in total. The molecular weight excluding hydrogens is 184 g/mol. The van der Waals surface area contributed by atoms with E-state index in [1.54, 1.807) is 0 Å². The quantitative estimate of drug-likeness (QED) is 0.752. The number of nitrogens with two attached hydrogens (primary N) is 1. The minimum absolute atomic E-state index is 0.0121. The molecule has 0 aliphatic carbocycles. The molecule has 0 spiro atoms. The summed E-state index contributed by atoms with van der Waals surface area (Å²) in [6.45, 7) is 6.05. The first kappa shape index (κ1) is 10.3. The number of aromatic nitrogens is 1. The van der Waals surface area contributed by atoms with Gasteiger partial charge < -0.3 is 5.73 Å². The van der Waals surface area contributed by atoms with E-state index in [2.05, 4.69) is 18.8 Å². The van der Waals surface area contributed by atoms with Crippen LogP contribution in [0.3, 0.4) is 0 Å². The van der Waals surface area contributed by atoms with E-state index in [9.17, 15) is 4.79 Å². The van der Waals surface area contributed by atoms with Gasteiger partial charge in [-0.3, -0.25) is 4.79 Å². The summed E-state index contributed by atoms with van der Waals surface area (Å²) in [5, 5.41) is 1.01. The number of aryl methyl sites for hydroxylation is 1. The van der Waals surface area contributed by atoms with Crippen LogP contribution < -0.4 is 5.73 Å². The first-order chi connectivity index (χ1) is 6.06. The van der Waals surface area contributed by atoms with Crippen LogP contribution in [0.25, 0.3) is 0 Å². The SMILES string of the molecule is Cc1nc(C(C)C)sc1C(=O)CN. The maximum atomic E-state index is 11.3. The Balaban J connectivity index is 3.03. The lowest BCUT2D eigenvalue weighted by Crippen LogP contribution is -2.13. The van der Waals surface area contributed by atoms with Gasteiger partial charge in [0.25, 0.3) is 0 Å². The van der Waals surface area contributed by atoms with Crippen LogP contribution in [0, 0.1) is 6.92 Å². The van der Waals surface area contributed by atoms with Crippen LogP contribution in [0.1, 0.15) is 40.1 Å². The molecule has 0 fully saturated rings. The molecule has 1 aromatic rings. The molecule has 0 aromatic carbocycles. The highest BCUT2D eigenvalue weighted by Crippen LogP contribution is 2.24. The van der Waals surface area contributed by atoms with Crippen molar-refractivity contribution in [3.8, 4) is 0 Å². The Kier molecular flexibility index (Phi) is 3.17. The molecule has 0 bridgehead atoms. The predicted octanol–water partition coefficient (Wildman–Crippen LogP) is 1.72. The molecule has 13 heavy (non-hydrogen) atoms. The summed E-state index contributed by atoms with van der Waals surface area (Å²) in [7, 11) is 0. The average molecular weight is 198 g/mol. The van der Waals surface area contributed by atoms with Crippen molar-refractivity contribution in [1.82, 2.24) is 4.98 Å². The van der Waals surface area contributed by atoms with Gasteiger partial charge in [0, 0.05) is 5.92 Å². The van der Waals surface area contributed by atoms with Gasteiger partial charge in [-0.25, -0.2) is 4.98 Å². The monoisotopic (exact) mass is 198 g/mol. The highest BCUT2D eigenvalue weighted by molar-refractivity contribution is 7.14. The number of ketones is 1. The van der Waals surface area contributed by atoms with Crippen LogP contribution in [0.4, 0.5) is 0 Å². The second-order valence-electron chi connectivity index (χ2n) is 3.25. The fourth-order valence-corrected chi connectivity index (χ4v) is 2.03. The number of hydrogen-bond donors (Lipinski definition) is 1. The minimum Gasteiger partial charge on any atom is -0.324 e. The summed E-state index contributed by atoms with van der Waals surface area (Å²) >= 11 is 1.46. The molecule has 1 heterocycles. The number of nitrogens with zero attached hydrogens (tertiary/aromatic N) is 1. The van der Waals surface area contributed by atoms with E-state index in [-0.39, 0.29) is 12.3 Å². The van der Waals surface area contributed by atoms with Crippen molar-refractivity contribution in [2.24, 2.45) is 5.73 Å². The second kappa shape index (κ2) is 3.98. The molecule has 1 aromatic heterocycles. The van der Waals surface area contributed by atoms with Gasteiger partial charge >= 0.3 is 0 Å². The Morgan fingerprint density at radius 2 is 2.23 bits per heavy atom. The molecule has 4 heteroatoms. The fraction of sp³-hybridized carbons (Fsp3) is 0.556. The molecule has 3 nitrogen and oxygen atoms in total. The Labute approximate surface area is 82.0 Å². The summed E-state index contributed by atoms with van der Waals surface area (Å²) in [4.78, 5) is 16.4. The maximum absolute atomic E-state index is 11.3. The predicted molar refractivity (Wildman–Crippen MR) is 54.3 cm³/mol. The van der Waals surface area contributed by atoms with E-state index in [0.717, 1.165) is 10.7 Å². The molecular formula is C9H14N2OS. The van der Waals surface area contributed by atoms with E-state index >= 15 is 0 Å². The molecule has 0 saturated heterocycles. The number of Topliss-reactive ketones (excluding diaryl/α,β-unsaturated/α-hetero) is 1. The van der Waals surface area contributed by atoms with Crippen molar-refractivity contribution in [1.29, 1.82) is 0 Å². The van der Waals surface area contributed by atoms with Gasteiger partial charge in [0.2, 0.25) is 0 Å². The minimum atomic E-state index is -0.0121. The van der Waals surface area contributed by atoms with Crippen molar-refractivity contribution in [3.63, 3.8) is 0 Å². The Hall–Kier alpha value is -0.740. The first-order valence-corrected chi connectivity index (χ1v) is 5.08. The molecule has 0 atom stereocenters. The molecule has 0 aliphatic rings. The van der Waals surface area contributed by atoms with Gasteiger partial charge in [-0.1, -0.05) is 13.8 Å². The van der Waals surface area contributed by atoms with Crippen molar-refractivity contribution in [2.45, 2.75) is 26.7 Å². The second-order valence-corrected chi connectivity index (χ2v) is 4.28. The van der Waals surface area contributed by atoms with Crippen LogP contribution >= 0.6 is 11.3 Å². The zero-order chi connectivity index (χ0) is 10.0. The molecule has 0 amide bonds. The number of carbonyl (C=O) groups excluding carboxylic acids is 1. The van der Waals surface area contributed by atoms with Crippen LogP contribution in [0.2, 0.25) is 0 Å². The molecule has 72 valence electrons. The molecule has 0 aliphatic heterocycles. The Bertz CT molecular complexity index is 317. The van der Waals surface area contributed by atoms with Crippen molar-refractivity contribution in [2.75, 3.05) is 6.54 Å². The van der Waals surface area contributed by atoms with Crippen LogP contribution in [0.5, 0.6) is 0 Å². The lowest BCUT2D eigenvalue weighted by atomic mass is 10.2. The van der Waals surface area contributed by atoms with E-state index in [0.29, 0.717) is 10.8 Å². The summed E-state index contributed by atoms with van der Waals surface area (Å²) in [5.41, 5.74) is 6.10. The summed E-state index contributed by atoms with van der Waals surface area (Å²) < 4.78 is 0. The highest BCUT2D eigenvalue weighted by Gasteiger charge is 2.14. The third-order valence-electron chi connectivity index (χ3n) is 1.75. The van der Waals surface area contributed by atoms with E-state index in [1.807, 2.05) is 6.92 Å². The van der Waals surface area contributed by atoms with Gasteiger partial charge in [-0.15, -0.1) is 11.3 Å². The van der Waals surface area contributed by atoms with Crippen LogP contribution in [-0.2, 0) is 0 Å². The molecule has 1 rings (SSSR count). The van der Waals surface area contributed by atoms with Gasteiger partial charge in [-0.05, 0) is 6.92 Å². The smallest absolute Gasteiger partial charge is 0.188 e. The van der Waals surface area contributed by atoms with Gasteiger partial charge in [0.1, 0.15) is 0 Å². The van der Waals surface area contributed by atoms with Crippen molar-refractivity contribution in [3.05, 3.63) is 15.6 Å². The van der Waals surface area contributed by atoms with Crippen LogP contribution in [-0.4, -0.2) is 17.3 Å². The summed E-state index contributed by atoms with van der Waals surface area (Å²) in [5.74, 6) is 0.366. The number of rotatable bonds is 3. The topological polar surface area (TPSA) is 56.0 Å². The third kappa shape index (κ3) is 2.14. The average Bonchev–Trinajstić information content (AvgIpc) is 2.46. The zero-order valence-electron chi connectivity index (χ0n) is 8.13. The number of thiazole rings is 1. The lowest BCUT2D eigenvalue weighted by Gasteiger charge is -1.95. The summed E-state index contributed by atoms with van der Waals surface area (Å²) in [6.07, 6.45) is 0. The first-order valence-electron chi connectivity index (χ1n) is 4.26. The molecule has 0 radical (unpaired) electrons. The highest BCUT2D eigenvalue weighted by atomic mass is 32.1. The van der Waals surface area contributed by atoms with E-state index < -0.39 is 0 Å². The lowest BCUT2D eigenvalue weighted by molar-refractivity contribution is 0.100. The van der Waals surface area contributed by atoms with Gasteiger partial charge in [0.15, 0.2) is 5.78 Å². The zero-order valence-corrected chi connectivity index (χ0v) is 8.94. The van der Waals surface area contributed by atoms with Crippen molar-refractivity contribution >= 4 is 17.1 Å². The van der Waals surface area contributed by atoms with Crippen molar-refractivity contribution < 1.29 is 4.79 Å². The largest absolute Gasteiger partial charge is 0.324 e. The van der Waals surface area contributed by atoms with E-state index in [4.69, 9.17) is 5.73 Å². The van der Waals surface area contributed by atoms with E-state index in [1.165, 1.54) is 11.3 Å².